The maximum absolute atomic E-state index is 13.1. The third-order valence-corrected chi connectivity index (χ3v) is 5.16. The Balaban J connectivity index is 1.72. The lowest BCUT2D eigenvalue weighted by atomic mass is 10.1. The summed E-state index contributed by atoms with van der Waals surface area (Å²) in [5.41, 5.74) is -0.392. The molecule has 1 unspecified atom stereocenters. The molecule has 0 bridgehead atoms. The molecule has 0 spiro atoms. The molecule has 2 aromatic rings. The number of rotatable bonds is 7. The summed E-state index contributed by atoms with van der Waals surface area (Å²) in [5.74, 6) is -0.685. The highest BCUT2D eigenvalue weighted by Gasteiger charge is 2.32. The van der Waals surface area contributed by atoms with Gasteiger partial charge in [-0.15, -0.1) is 0 Å². The minimum absolute atomic E-state index is 0.0658. The van der Waals surface area contributed by atoms with Gasteiger partial charge in [0.2, 0.25) is 0 Å². The van der Waals surface area contributed by atoms with Gasteiger partial charge in [-0.25, -0.2) is 0 Å². The Hall–Kier alpha value is -2.91. The Morgan fingerprint density at radius 3 is 2.53 bits per heavy atom. The average molecular weight is 450 g/mol. The lowest BCUT2D eigenvalue weighted by Crippen LogP contribution is -2.51. The second-order valence-electron chi connectivity index (χ2n) is 7.43. The number of hydrogen-bond donors (Lipinski definition) is 0. The molecule has 0 aromatic heterocycles. The van der Waals surface area contributed by atoms with Crippen LogP contribution in [0.2, 0.25) is 0 Å². The van der Waals surface area contributed by atoms with Crippen molar-refractivity contribution in [1.29, 1.82) is 0 Å². The van der Waals surface area contributed by atoms with Gasteiger partial charge >= 0.3 is 6.18 Å². The zero-order chi connectivity index (χ0) is 23.1. The molecule has 0 radical (unpaired) electrons. The van der Waals surface area contributed by atoms with Crippen molar-refractivity contribution in [2.24, 2.45) is 0 Å². The Morgan fingerprint density at radius 1 is 1.12 bits per heavy atom. The van der Waals surface area contributed by atoms with Gasteiger partial charge in [-0.3, -0.25) is 9.59 Å². The number of alkyl halides is 3. The maximum atomic E-state index is 13.1. The van der Waals surface area contributed by atoms with E-state index in [0.717, 1.165) is 12.1 Å². The van der Waals surface area contributed by atoms with E-state index in [0.29, 0.717) is 18.7 Å². The highest BCUT2D eigenvalue weighted by Crippen LogP contribution is 2.29. The number of nitrogens with zero attached hydrogens (tertiary/aromatic N) is 2. The molecule has 0 saturated carbocycles. The van der Waals surface area contributed by atoms with E-state index in [1.807, 2.05) is 6.07 Å². The molecule has 32 heavy (non-hydrogen) atoms. The van der Waals surface area contributed by atoms with Crippen LogP contribution in [0.25, 0.3) is 0 Å². The second-order valence-corrected chi connectivity index (χ2v) is 7.43. The monoisotopic (exact) mass is 450 g/mol. The smallest absolute Gasteiger partial charge is 0.383 e. The predicted octanol–water partition coefficient (Wildman–Crippen LogP) is 3.34. The summed E-state index contributed by atoms with van der Waals surface area (Å²) in [4.78, 5) is 28.8. The number of benzene rings is 2. The van der Waals surface area contributed by atoms with Crippen molar-refractivity contribution in [2.75, 3.05) is 46.5 Å². The molecule has 2 amide bonds. The zero-order valence-corrected chi connectivity index (χ0v) is 17.7. The van der Waals surface area contributed by atoms with Crippen LogP contribution in [0.15, 0.2) is 54.6 Å². The quantitative estimate of drug-likeness (QED) is 0.649. The fourth-order valence-corrected chi connectivity index (χ4v) is 3.51. The topological polar surface area (TPSA) is 59.1 Å². The second kappa shape index (κ2) is 10.6. The third kappa shape index (κ3) is 6.08. The van der Waals surface area contributed by atoms with Crippen molar-refractivity contribution in [3.05, 3.63) is 71.3 Å². The summed E-state index contributed by atoms with van der Waals surface area (Å²) in [7, 11) is 1.48. The molecular formula is C23H25F3N2O4. The van der Waals surface area contributed by atoms with E-state index in [9.17, 15) is 22.8 Å². The average Bonchev–Trinajstić information content (AvgIpc) is 2.81. The Morgan fingerprint density at radius 2 is 1.84 bits per heavy atom. The van der Waals surface area contributed by atoms with Gasteiger partial charge in [-0.2, -0.15) is 13.2 Å². The van der Waals surface area contributed by atoms with Gasteiger partial charge in [0.1, 0.15) is 0 Å². The molecule has 1 aliphatic rings. The molecule has 6 nitrogen and oxygen atoms in total. The van der Waals surface area contributed by atoms with Crippen LogP contribution in [0.4, 0.5) is 13.2 Å². The van der Waals surface area contributed by atoms with Crippen LogP contribution in [0.3, 0.4) is 0 Å². The van der Waals surface area contributed by atoms with Crippen molar-refractivity contribution in [2.45, 2.75) is 12.3 Å². The highest BCUT2D eigenvalue weighted by atomic mass is 19.4. The molecule has 2 aromatic carbocycles. The Labute approximate surface area is 184 Å². The third-order valence-electron chi connectivity index (χ3n) is 5.16. The van der Waals surface area contributed by atoms with Crippen LogP contribution in [0.5, 0.6) is 0 Å². The summed E-state index contributed by atoms with van der Waals surface area (Å²) in [6, 6.07) is 13.2. The first-order valence-electron chi connectivity index (χ1n) is 10.2. The molecule has 9 heteroatoms. The van der Waals surface area contributed by atoms with Crippen LogP contribution in [0.1, 0.15) is 26.3 Å². The van der Waals surface area contributed by atoms with Crippen LogP contribution in [0, 0.1) is 0 Å². The first-order chi connectivity index (χ1) is 15.3. The van der Waals surface area contributed by atoms with Crippen molar-refractivity contribution in [3.8, 4) is 0 Å². The van der Waals surface area contributed by atoms with Crippen molar-refractivity contribution >= 4 is 11.8 Å². The lowest BCUT2D eigenvalue weighted by molar-refractivity contribution is -0.137. The minimum Gasteiger partial charge on any atom is -0.383 e. The van der Waals surface area contributed by atoms with Crippen molar-refractivity contribution in [1.82, 2.24) is 9.80 Å². The molecule has 172 valence electrons. The van der Waals surface area contributed by atoms with Crippen LogP contribution < -0.4 is 0 Å². The summed E-state index contributed by atoms with van der Waals surface area (Å²) in [6.07, 6.45) is -5.01. The van der Waals surface area contributed by atoms with Gasteiger partial charge in [0.15, 0.2) is 0 Å². The van der Waals surface area contributed by atoms with E-state index in [1.165, 1.54) is 24.1 Å². The summed E-state index contributed by atoms with van der Waals surface area (Å²) in [6.45, 7) is 1.51. The largest absolute Gasteiger partial charge is 0.416 e. The molecular weight excluding hydrogens is 425 g/mol. The Bertz CT molecular complexity index is 921. The number of carbonyl (C=O) groups excluding carboxylic acids is 2. The predicted molar refractivity (Wildman–Crippen MR) is 111 cm³/mol. The minimum atomic E-state index is -4.54. The molecule has 0 aliphatic carbocycles. The van der Waals surface area contributed by atoms with Gasteiger partial charge in [-0.05, 0) is 30.3 Å². The first kappa shape index (κ1) is 23.7. The van der Waals surface area contributed by atoms with E-state index in [1.54, 1.807) is 29.2 Å². The van der Waals surface area contributed by atoms with Gasteiger partial charge in [0, 0.05) is 44.4 Å². The van der Waals surface area contributed by atoms with Crippen LogP contribution in [-0.4, -0.2) is 74.2 Å². The van der Waals surface area contributed by atoms with Crippen molar-refractivity contribution < 1.29 is 32.2 Å². The number of amides is 2. The number of carbonyl (C=O) groups is 2. The normalized spacial score (nSPS) is 16.6. The maximum Gasteiger partial charge on any atom is 0.416 e. The van der Waals surface area contributed by atoms with E-state index in [2.05, 4.69) is 0 Å². The fourth-order valence-electron chi connectivity index (χ4n) is 3.51. The number of morpholine rings is 1. The van der Waals surface area contributed by atoms with E-state index in [4.69, 9.17) is 9.47 Å². The number of halogens is 3. The van der Waals surface area contributed by atoms with Crippen LogP contribution >= 0.6 is 0 Å². The van der Waals surface area contributed by atoms with Gasteiger partial charge < -0.3 is 19.3 Å². The zero-order valence-electron chi connectivity index (χ0n) is 17.7. The molecule has 1 heterocycles. The van der Waals surface area contributed by atoms with Crippen LogP contribution in [-0.2, 0) is 15.7 Å². The molecule has 1 atom stereocenters. The highest BCUT2D eigenvalue weighted by molar-refractivity contribution is 5.95. The first-order valence-corrected chi connectivity index (χ1v) is 10.2. The molecule has 1 saturated heterocycles. The van der Waals surface area contributed by atoms with Gasteiger partial charge in [-0.1, -0.05) is 24.3 Å². The summed E-state index contributed by atoms with van der Waals surface area (Å²) >= 11 is 0. The lowest BCUT2D eigenvalue weighted by Gasteiger charge is -2.36. The van der Waals surface area contributed by atoms with Gasteiger partial charge in [0.05, 0.1) is 24.9 Å². The van der Waals surface area contributed by atoms with Gasteiger partial charge in [0.25, 0.3) is 11.8 Å². The number of ether oxygens (including phenoxy) is 2. The molecule has 0 N–H and O–H groups in total. The van der Waals surface area contributed by atoms with Crippen molar-refractivity contribution in [3.63, 3.8) is 0 Å². The fraction of sp³-hybridized carbons (Fsp3) is 0.391. The summed E-state index contributed by atoms with van der Waals surface area (Å²) < 4.78 is 50.0. The standard InChI is InChI=1S/C23H25F3N2O4/c1-31-12-10-27(22(30)18-8-5-9-19(14-18)23(24,25)26)15-20-16-28(11-13-32-20)21(29)17-6-3-2-4-7-17/h2-9,14,20H,10-13,15-16H2,1H3. The van der Waals surface area contributed by atoms with E-state index in [-0.39, 0.29) is 37.7 Å². The summed E-state index contributed by atoms with van der Waals surface area (Å²) in [5, 5.41) is 0. The molecule has 3 rings (SSSR count). The SMILES string of the molecule is COCCN(CC1CN(C(=O)c2ccccc2)CCO1)C(=O)c1cccc(C(F)(F)F)c1. The van der Waals surface area contributed by atoms with E-state index < -0.39 is 23.8 Å². The Kier molecular flexibility index (Phi) is 7.87. The van der Waals surface area contributed by atoms with E-state index >= 15 is 0 Å². The molecule has 1 aliphatic heterocycles. The molecule has 1 fully saturated rings. The number of methoxy groups -OCH3 is 1. The number of hydrogen-bond acceptors (Lipinski definition) is 4.